The van der Waals surface area contributed by atoms with Crippen LogP contribution < -0.4 is 11.1 Å². The second kappa shape index (κ2) is 2.38. The van der Waals surface area contributed by atoms with Crippen LogP contribution in [0.25, 0.3) is 0 Å². The molecule has 0 aliphatic carbocycles. The van der Waals surface area contributed by atoms with Gasteiger partial charge in [-0.1, -0.05) is 0 Å². The van der Waals surface area contributed by atoms with E-state index in [2.05, 4.69) is 10.3 Å². The molecule has 0 spiro atoms. The summed E-state index contributed by atoms with van der Waals surface area (Å²) in [6.07, 6.45) is 0. The highest BCUT2D eigenvalue weighted by atomic mass is 16.2. The fraction of sp³-hybridized carbons (Fsp3) is 0.200. The molecule has 6 heteroatoms. The lowest BCUT2D eigenvalue weighted by Crippen LogP contribution is -2.45. The van der Waals surface area contributed by atoms with Gasteiger partial charge in [0, 0.05) is 0 Å². The molecule has 0 saturated heterocycles. The van der Waals surface area contributed by atoms with E-state index in [1.807, 2.05) is 0 Å². The van der Waals surface area contributed by atoms with Crippen LogP contribution in [0.5, 0.6) is 0 Å². The third-order valence-electron chi connectivity index (χ3n) is 1.17. The first kappa shape index (κ1) is 7.21. The summed E-state index contributed by atoms with van der Waals surface area (Å²) in [6.45, 7) is 0. The molecule has 6 nitrogen and oxygen atoms in total. The van der Waals surface area contributed by atoms with Crippen molar-refractivity contribution in [1.82, 2.24) is 5.32 Å². The number of amides is 1. The monoisotopic (exact) mass is 151 g/mol. The summed E-state index contributed by atoms with van der Waals surface area (Å²) in [7, 11) is 0. The second-order valence-electron chi connectivity index (χ2n) is 1.94. The number of hydrogen-bond donors (Lipinski definition) is 3. The van der Waals surface area contributed by atoms with Crippen molar-refractivity contribution >= 4 is 17.7 Å². The molecule has 1 amide bonds. The van der Waals surface area contributed by atoms with E-state index in [1.54, 1.807) is 6.07 Å². The fourth-order valence-corrected chi connectivity index (χ4v) is 0.670. The van der Waals surface area contributed by atoms with Crippen LogP contribution in [0.3, 0.4) is 0 Å². The Morgan fingerprint density at radius 1 is 1.82 bits per heavy atom. The number of nitriles is 1. The first-order valence-electron chi connectivity index (χ1n) is 2.78. The molecule has 1 unspecified atom stereocenters. The zero-order valence-electron chi connectivity index (χ0n) is 5.46. The summed E-state index contributed by atoms with van der Waals surface area (Å²) in [5, 5.41) is 17.3. The molecule has 4 N–H and O–H groups in total. The molecule has 56 valence electrons. The first-order chi connectivity index (χ1) is 5.15. The number of nitrogens with two attached hydrogens (primary N) is 1. The van der Waals surface area contributed by atoms with Crippen LogP contribution in [0, 0.1) is 22.7 Å². The summed E-state index contributed by atoms with van der Waals surface area (Å²) in [5.41, 5.74) is 5.20. The van der Waals surface area contributed by atoms with E-state index >= 15 is 0 Å². The summed E-state index contributed by atoms with van der Waals surface area (Å²) < 4.78 is 0. The highest BCUT2D eigenvalue weighted by Crippen LogP contribution is 1.99. The molecule has 0 aromatic heterocycles. The summed E-state index contributed by atoms with van der Waals surface area (Å²) in [6, 6.07) is 1.66. The fourth-order valence-electron chi connectivity index (χ4n) is 0.670. The van der Waals surface area contributed by atoms with Crippen LogP contribution in [0.4, 0.5) is 0 Å². The predicted molar refractivity (Wildman–Crippen MR) is 36.6 cm³/mol. The Labute approximate surface area is 62.2 Å². The zero-order valence-corrected chi connectivity index (χ0v) is 5.46. The lowest BCUT2D eigenvalue weighted by atomic mass is 10.1. The van der Waals surface area contributed by atoms with Crippen molar-refractivity contribution in [2.45, 2.75) is 0 Å². The van der Waals surface area contributed by atoms with Gasteiger partial charge >= 0.3 is 0 Å². The van der Waals surface area contributed by atoms with E-state index < -0.39 is 11.8 Å². The highest BCUT2D eigenvalue weighted by molar-refractivity contribution is 6.17. The van der Waals surface area contributed by atoms with E-state index in [1.165, 1.54) is 0 Å². The van der Waals surface area contributed by atoms with Crippen LogP contribution in [0.2, 0.25) is 0 Å². The number of hydrogen-bond acceptors (Lipinski definition) is 4. The average molecular weight is 151 g/mol. The number of aliphatic imine (C=N–C) groups is 1. The maximum absolute atomic E-state index is 10.8. The Kier molecular flexibility index (Phi) is 1.56. The molecule has 11 heavy (non-hydrogen) atoms. The van der Waals surface area contributed by atoms with Crippen molar-refractivity contribution in [3.05, 3.63) is 0 Å². The Morgan fingerprint density at radius 3 is 2.91 bits per heavy atom. The standard InChI is InChI=1S/C5H5N5O/c6-1-2-3(7)9-5(8)10-4(2)11/h2H,(H4,7,8,9,10,11). The maximum atomic E-state index is 10.8. The van der Waals surface area contributed by atoms with Gasteiger partial charge in [0.2, 0.25) is 5.96 Å². The van der Waals surface area contributed by atoms with Crippen LogP contribution in [-0.4, -0.2) is 17.7 Å². The Morgan fingerprint density at radius 2 is 2.45 bits per heavy atom. The molecule has 1 heterocycles. The van der Waals surface area contributed by atoms with Crippen molar-refractivity contribution in [1.29, 1.82) is 10.7 Å². The Balaban J connectivity index is 3.00. The molecule has 0 aromatic carbocycles. The third kappa shape index (κ3) is 1.16. The van der Waals surface area contributed by atoms with Gasteiger partial charge in [0.1, 0.15) is 5.84 Å². The molecule has 0 saturated carbocycles. The number of nitrogens with zero attached hydrogens (tertiary/aromatic N) is 2. The molecule has 0 radical (unpaired) electrons. The van der Waals surface area contributed by atoms with Crippen LogP contribution in [0.1, 0.15) is 0 Å². The molecule has 0 bridgehead atoms. The van der Waals surface area contributed by atoms with Crippen molar-refractivity contribution in [3.63, 3.8) is 0 Å². The van der Waals surface area contributed by atoms with Gasteiger partial charge in [-0.15, -0.1) is 0 Å². The molecule has 0 aromatic rings. The second-order valence-corrected chi connectivity index (χ2v) is 1.94. The minimum Gasteiger partial charge on any atom is -0.385 e. The van der Waals surface area contributed by atoms with Gasteiger partial charge in [-0.2, -0.15) is 10.3 Å². The molecule has 1 atom stereocenters. The Hall–Kier alpha value is -1.90. The first-order valence-corrected chi connectivity index (χ1v) is 2.78. The van der Waals surface area contributed by atoms with Gasteiger partial charge in [0.15, 0.2) is 5.92 Å². The summed E-state index contributed by atoms with van der Waals surface area (Å²) in [5.74, 6) is -2.09. The molecule has 1 aliphatic rings. The number of guanidine groups is 1. The third-order valence-corrected chi connectivity index (χ3v) is 1.17. The molecular formula is C5H5N5O. The normalized spacial score (nSPS) is 23.5. The van der Waals surface area contributed by atoms with Crippen molar-refractivity contribution in [2.75, 3.05) is 0 Å². The lowest BCUT2D eigenvalue weighted by molar-refractivity contribution is -0.120. The van der Waals surface area contributed by atoms with Crippen molar-refractivity contribution in [2.24, 2.45) is 16.6 Å². The number of carbonyl (C=O) groups is 1. The van der Waals surface area contributed by atoms with E-state index in [4.69, 9.17) is 16.4 Å². The predicted octanol–water partition coefficient (Wildman–Crippen LogP) is -1.45. The van der Waals surface area contributed by atoms with E-state index in [0.29, 0.717) is 0 Å². The topological polar surface area (TPSA) is 115 Å². The van der Waals surface area contributed by atoms with E-state index in [-0.39, 0.29) is 11.8 Å². The largest absolute Gasteiger partial charge is 0.385 e. The number of carbonyl (C=O) groups excluding carboxylic acids is 1. The molecule has 0 fully saturated rings. The van der Waals surface area contributed by atoms with Crippen LogP contribution in [0.15, 0.2) is 4.99 Å². The van der Waals surface area contributed by atoms with Crippen molar-refractivity contribution in [3.8, 4) is 6.07 Å². The SMILES string of the molecule is N#CC1C(=O)NC(=N)N=C1N. The Bertz CT molecular complexity index is 286. The lowest BCUT2D eigenvalue weighted by Gasteiger charge is -2.13. The summed E-state index contributed by atoms with van der Waals surface area (Å²) >= 11 is 0. The smallest absolute Gasteiger partial charge is 0.251 e. The molecular weight excluding hydrogens is 146 g/mol. The van der Waals surface area contributed by atoms with Gasteiger partial charge < -0.3 is 5.73 Å². The average Bonchev–Trinajstić information content (AvgIpc) is 1.85. The van der Waals surface area contributed by atoms with Gasteiger partial charge in [0.05, 0.1) is 6.07 Å². The van der Waals surface area contributed by atoms with Crippen LogP contribution >= 0.6 is 0 Å². The van der Waals surface area contributed by atoms with Gasteiger partial charge in [0.25, 0.3) is 5.91 Å². The number of amidine groups is 1. The number of nitrogens with one attached hydrogen (secondary N) is 2. The zero-order chi connectivity index (χ0) is 8.43. The minimum absolute atomic E-state index is 0.124. The van der Waals surface area contributed by atoms with Gasteiger partial charge in [-0.3, -0.25) is 15.5 Å². The number of rotatable bonds is 0. The molecule has 1 rings (SSSR count). The van der Waals surface area contributed by atoms with E-state index in [0.717, 1.165) is 0 Å². The summed E-state index contributed by atoms with van der Waals surface area (Å²) in [4.78, 5) is 14.2. The highest BCUT2D eigenvalue weighted by Gasteiger charge is 2.27. The van der Waals surface area contributed by atoms with Crippen LogP contribution in [-0.2, 0) is 4.79 Å². The maximum Gasteiger partial charge on any atom is 0.251 e. The quantitative estimate of drug-likeness (QED) is 0.393. The van der Waals surface area contributed by atoms with Crippen molar-refractivity contribution < 1.29 is 4.79 Å². The van der Waals surface area contributed by atoms with Gasteiger partial charge in [-0.05, 0) is 0 Å². The van der Waals surface area contributed by atoms with E-state index in [9.17, 15) is 4.79 Å². The minimum atomic E-state index is -1.05. The molecule has 1 aliphatic heterocycles. The van der Waals surface area contributed by atoms with Gasteiger partial charge in [-0.25, -0.2) is 0 Å².